The first-order valence-electron chi connectivity index (χ1n) is 8.15. The second-order valence-corrected chi connectivity index (χ2v) is 7.02. The fraction of sp³-hybridized carbons (Fsp3) is 1.00. The largest absolute Gasteiger partial charge is 0.396 e. The number of hydrogen-bond acceptors (Lipinski definition) is 3. The Labute approximate surface area is 119 Å². The molecule has 0 atom stereocenters. The van der Waals surface area contributed by atoms with Gasteiger partial charge in [-0.1, -0.05) is 25.7 Å². The van der Waals surface area contributed by atoms with Gasteiger partial charge in [0.15, 0.2) is 0 Å². The fourth-order valence-electron chi connectivity index (χ4n) is 3.94. The molecule has 0 aromatic carbocycles. The topological polar surface area (TPSA) is 26.7 Å². The molecule has 0 radical (unpaired) electrons. The van der Waals surface area contributed by atoms with E-state index in [0.717, 1.165) is 12.6 Å². The van der Waals surface area contributed by atoms with Crippen LogP contribution in [-0.2, 0) is 0 Å². The molecule has 3 nitrogen and oxygen atoms in total. The Morgan fingerprint density at radius 1 is 1.11 bits per heavy atom. The van der Waals surface area contributed by atoms with E-state index < -0.39 is 0 Å². The highest BCUT2D eigenvalue weighted by molar-refractivity contribution is 4.87. The second-order valence-electron chi connectivity index (χ2n) is 7.02. The van der Waals surface area contributed by atoms with Crippen molar-refractivity contribution in [3.63, 3.8) is 0 Å². The lowest BCUT2D eigenvalue weighted by molar-refractivity contribution is 0.0397. The summed E-state index contributed by atoms with van der Waals surface area (Å²) in [6.07, 6.45) is 10.4. The van der Waals surface area contributed by atoms with Crippen LogP contribution in [0.3, 0.4) is 0 Å². The highest BCUT2D eigenvalue weighted by Crippen LogP contribution is 2.36. The monoisotopic (exact) mass is 268 g/mol. The molecule has 0 amide bonds. The summed E-state index contributed by atoms with van der Waals surface area (Å²) in [7, 11) is 4.50. The van der Waals surface area contributed by atoms with Crippen LogP contribution in [0.5, 0.6) is 0 Å². The van der Waals surface area contributed by atoms with Gasteiger partial charge in [-0.25, -0.2) is 0 Å². The van der Waals surface area contributed by atoms with Gasteiger partial charge >= 0.3 is 0 Å². The van der Waals surface area contributed by atoms with E-state index in [-0.39, 0.29) is 5.41 Å². The Balaban J connectivity index is 1.89. The average molecular weight is 268 g/mol. The predicted molar refractivity (Wildman–Crippen MR) is 80.4 cm³/mol. The molecule has 1 heterocycles. The lowest BCUT2D eigenvalue weighted by Crippen LogP contribution is -2.47. The van der Waals surface area contributed by atoms with Crippen molar-refractivity contribution in [2.24, 2.45) is 5.41 Å². The molecule has 0 bridgehead atoms. The van der Waals surface area contributed by atoms with E-state index in [0.29, 0.717) is 6.61 Å². The van der Waals surface area contributed by atoms with Crippen molar-refractivity contribution in [1.82, 2.24) is 9.80 Å². The number of piperidine rings is 1. The minimum atomic E-state index is 0.189. The lowest BCUT2D eigenvalue weighted by atomic mass is 9.80. The standard InChI is InChI=1S/C16H32N2O/c1-17-11-7-15(8-12-17)18(2)13-16(14-19)9-5-3-4-6-10-16/h15,19H,3-14H2,1-2H3. The molecule has 2 fully saturated rings. The van der Waals surface area contributed by atoms with E-state index >= 15 is 0 Å². The van der Waals surface area contributed by atoms with Crippen LogP contribution in [0.1, 0.15) is 51.4 Å². The number of rotatable bonds is 4. The van der Waals surface area contributed by atoms with Crippen LogP contribution in [0.15, 0.2) is 0 Å². The first-order valence-corrected chi connectivity index (χ1v) is 8.15. The van der Waals surface area contributed by atoms with Crippen LogP contribution in [0.4, 0.5) is 0 Å². The molecule has 1 aliphatic carbocycles. The van der Waals surface area contributed by atoms with Crippen molar-refractivity contribution in [3.05, 3.63) is 0 Å². The van der Waals surface area contributed by atoms with Gasteiger partial charge in [0.25, 0.3) is 0 Å². The van der Waals surface area contributed by atoms with E-state index in [4.69, 9.17) is 0 Å². The maximum Gasteiger partial charge on any atom is 0.0499 e. The minimum Gasteiger partial charge on any atom is -0.396 e. The van der Waals surface area contributed by atoms with Gasteiger partial charge in [-0.05, 0) is 52.9 Å². The molecule has 0 spiro atoms. The van der Waals surface area contributed by atoms with Gasteiger partial charge < -0.3 is 14.9 Å². The zero-order valence-electron chi connectivity index (χ0n) is 12.9. The minimum absolute atomic E-state index is 0.189. The summed E-state index contributed by atoms with van der Waals surface area (Å²) in [6, 6.07) is 0.725. The molecule has 112 valence electrons. The molecule has 0 unspecified atom stereocenters. The molecule has 19 heavy (non-hydrogen) atoms. The number of aliphatic hydroxyl groups is 1. The summed E-state index contributed by atoms with van der Waals surface area (Å²) in [5.41, 5.74) is 0.189. The van der Waals surface area contributed by atoms with Gasteiger partial charge in [0.05, 0.1) is 0 Å². The van der Waals surface area contributed by atoms with Crippen LogP contribution in [0.2, 0.25) is 0 Å². The molecule has 1 N–H and O–H groups in total. The highest BCUT2D eigenvalue weighted by atomic mass is 16.3. The first-order chi connectivity index (χ1) is 9.15. The van der Waals surface area contributed by atoms with Crippen LogP contribution in [-0.4, -0.2) is 61.3 Å². The fourth-order valence-corrected chi connectivity index (χ4v) is 3.94. The molecule has 1 saturated carbocycles. The normalized spacial score (nSPS) is 26.5. The Morgan fingerprint density at radius 3 is 2.21 bits per heavy atom. The van der Waals surface area contributed by atoms with Crippen molar-refractivity contribution in [1.29, 1.82) is 0 Å². The predicted octanol–water partition coefficient (Wildman–Crippen LogP) is 2.35. The van der Waals surface area contributed by atoms with Crippen molar-refractivity contribution < 1.29 is 5.11 Å². The number of hydrogen-bond donors (Lipinski definition) is 1. The Kier molecular flexibility index (Phi) is 5.67. The molecular formula is C16H32N2O. The number of likely N-dealkylation sites (tertiary alicyclic amines) is 1. The third-order valence-electron chi connectivity index (χ3n) is 5.40. The van der Waals surface area contributed by atoms with Crippen molar-refractivity contribution in [2.75, 3.05) is 40.3 Å². The molecule has 2 aliphatic rings. The van der Waals surface area contributed by atoms with Crippen LogP contribution in [0, 0.1) is 5.41 Å². The third kappa shape index (κ3) is 4.17. The van der Waals surface area contributed by atoms with E-state index in [1.807, 2.05) is 0 Å². The lowest BCUT2D eigenvalue weighted by Gasteiger charge is -2.41. The maximum absolute atomic E-state index is 9.92. The summed E-state index contributed by atoms with van der Waals surface area (Å²) < 4.78 is 0. The zero-order chi connectivity index (χ0) is 13.7. The van der Waals surface area contributed by atoms with E-state index in [1.54, 1.807) is 0 Å². The SMILES string of the molecule is CN1CCC(N(C)CC2(CO)CCCCCC2)CC1. The average Bonchev–Trinajstić information content (AvgIpc) is 2.65. The van der Waals surface area contributed by atoms with Crippen LogP contribution < -0.4 is 0 Å². The summed E-state index contributed by atoms with van der Waals surface area (Å²) >= 11 is 0. The van der Waals surface area contributed by atoms with Gasteiger partial charge in [0.1, 0.15) is 0 Å². The second kappa shape index (κ2) is 7.05. The Hall–Kier alpha value is -0.120. The van der Waals surface area contributed by atoms with Gasteiger partial charge in [-0.15, -0.1) is 0 Å². The molecule has 3 heteroatoms. The van der Waals surface area contributed by atoms with Crippen LogP contribution in [0.25, 0.3) is 0 Å². The van der Waals surface area contributed by atoms with Gasteiger partial charge in [-0.2, -0.15) is 0 Å². The van der Waals surface area contributed by atoms with Gasteiger partial charge in [-0.3, -0.25) is 0 Å². The zero-order valence-corrected chi connectivity index (χ0v) is 12.9. The van der Waals surface area contributed by atoms with Gasteiger partial charge in [0, 0.05) is 24.6 Å². The molecule has 1 aliphatic heterocycles. The third-order valence-corrected chi connectivity index (χ3v) is 5.40. The molecule has 0 aromatic heterocycles. The van der Waals surface area contributed by atoms with Crippen molar-refractivity contribution >= 4 is 0 Å². The van der Waals surface area contributed by atoms with E-state index in [1.165, 1.54) is 64.5 Å². The van der Waals surface area contributed by atoms with Crippen molar-refractivity contribution in [3.8, 4) is 0 Å². The maximum atomic E-state index is 9.92. The number of aliphatic hydroxyl groups excluding tert-OH is 1. The summed E-state index contributed by atoms with van der Waals surface area (Å²) in [6.45, 7) is 3.92. The van der Waals surface area contributed by atoms with Crippen LogP contribution >= 0.6 is 0 Å². The summed E-state index contributed by atoms with van der Waals surface area (Å²) in [5, 5.41) is 9.92. The molecule has 0 aromatic rings. The van der Waals surface area contributed by atoms with E-state index in [2.05, 4.69) is 23.9 Å². The summed E-state index contributed by atoms with van der Waals surface area (Å²) in [5.74, 6) is 0. The smallest absolute Gasteiger partial charge is 0.0499 e. The molecule has 2 rings (SSSR count). The molecular weight excluding hydrogens is 236 g/mol. The van der Waals surface area contributed by atoms with Crippen molar-refractivity contribution in [2.45, 2.75) is 57.4 Å². The number of nitrogens with zero attached hydrogens (tertiary/aromatic N) is 2. The quantitative estimate of drug-likeness (QED) is 0.793. The highest BCUT2D eigenvalue weighted by Gasteiger charge is 2.33. The molecule has 1 saturated heterocycles. The van der Waals surface area contributed by atoms with Gasteiger partial charge in [0.2, 0.25) is 0 Å². The summed E-state index contributed by atoms with van der Waals surface area (Å²) in [4.78, 5) is 4.98. The van der Waals surface area contributed by atoms with E-state index in [9.17, 15) is 5.11 Å². The Morgan fingerprint density at radius 2 is 1.68 bits per heavy atom. The first kappa shape index (κ1) is 15.3. The Bertz CT molecular complexity index is 253.